The average molecular weight is 461 g/mol. The number of methoxy groups -OCH3 is 1. The van der Waals surface area contributed by atoms with Crippen molar-refractivity contribution in [2.45, 2.75) is 44.1 Å². The minimum Gasteiger partial charge on any atom is -0.493 e. The van der Waals surface area contributed by atoms with Gasteiger partial charge in [0.15, 0.2) is 17.3 Å². The number of para-hydroxylation sites is 1. The minimum absolute atomic E-state index is 0.0488. The van der Waals surface area contributed by atoms with Gasteiger partial charge in [0.25, 0.3) is 0 Å². The van der Waals surface area contributed by atoms with Gasteiger partial charge in [0, 0.05) is 24.1 Å². The van der Waals surface area contributed by atoms with E-state index in [1.807, 2.05) is 48.7 Å². The fourth-order valence-corrected chi connectivity index (χ4v) is 5.65. The van der Waals surface area contributed by atoms with Gasteiger partial charge in [-0.1, -0.05) is 29.5 Å². The lowest BCUT2D eigenvalue weighted by atomic mass is 9.87. The number of ether oxygens (including phenoxy) is 2. The molecule has 0 radical (unpaired) electrons. The van der Waals surface area contributed by atoms with E-state index in [9.17, 15) is 4.79 Å². The van der Waals surface area contributed by atoms with Crippen LogP contribution in [0.2, 0.25) is 0 Å². The van der Waals surface area contributed by atoms with Crippen LogP contribution in [-0.2, 0) is 4.79 Å². The lowest BCUT2D eigenvalue weighted by Crippen LogP contribution is -2.23. The topological polar surface area (TPSA) is 78.3 Å². The van der Waals surface area contributed by atoms with E-state index in [0.29, 0.717) is 18.0 Å². The number of benzene rings is 2. The van der Waals surface area contributed by atoms with Crippen molar-refractivity contribution in [2.24, 2.45) is 0 Å². The lowest BCUT2D eigenvalue weighted by Gasteiger charge is -2.23. The monoisotopic (exact) mass is 460 g/mol. The molecule has 168 valence electrons. The van der Waals surface area contributed by atoms with E-state index in [0.717, 1.165) is 45.1 Å². The zero-order valence-corrected chi connectivity index (χ0v) is 19.1. The first kappa shape index (κ1) is 20.2. The van der Waals surface area contributed by atoms with Crippen LogP contribution < -0.4 is 14.8 Å². The molecule has 0 spiro atoms. The van der Waals surface area contributed by atoms with Crippen LogP contribution in [0.3, 0.4) is 0 Å². The third-order valence-corrected chi connectivity index (χ3v) is 7.46. The molecule has 1 unspecified atom stereocenters. The predicted molar refractivity (Wildman–Crippen MR) is 128 cm³/mol. The van der Waals surface area contributed by atoms with Crippen LogP contribution >= 0.6 is 11.3 Å². The van der Waals surface area contributed by atoms with Crippen molar-refractivity contribution in [3.63, 3.8) is 0 Å². The SMILES string of the molecule is COc1cc(C2CC(=O)Nc3nn(-c4nc5ccccc5s4)cc32)ccc1OC1CCCC1. The molecule has 1 aliphatic carbocycles. The largest absolute Gasteiger partial charge is 0.493 e. The third kappa shape index (κ3) is 3.74. The summed E-state index contributed by atoms with van der Waals surface area (Å²) in [5.41, 5.74) is 2.92. The molecule has 7 nitrogen and oxygen atoms in total. The highest BCUT2D eigenvalue weighted by molar-refractivity contribution is 7.20. The number of nitrogens with one attached hydrogen (secondary N) is 1. The van der Waals surface area contributed by atoms with Gasteiger partial charge in [-0.15, -0.1) is 5.10 Å². The highest BCUT2D eigenvalue weighted by Gasteiger charge is 2.31. The Hall–Kier alpha value is -3.39. The fraction of sp³-hybridized carbons (Fsp3) is 0.320. The highest BCUT2D eigenvalue weighted by Crippen LogP contribution is 2.41. The number of carbonyl (C=O) groups is 1. The molecule has 4 aromatic rings. The van der Waals surface area contributed by atoms with Crippen molar-refractivity contribution in [3.05, 3.63) is 59.8 Å². The lowest BCUT2D eigenvalue weighted by molar-refractivity contribution is -0.116. The zero-order chi connectivity index (χ0) is 22.4. The molecule has 3 heterocycles. The van der Waals surface area contributed by atoms with E-state index in [4.69, 9.17) is 14.5 Å². The summed E-state index contributed by atoms with van der Waals surface area (Å²) >= 11 is 1.57. The van der Waals surface area contributed by atoms with Crippen LogP contribution in [-0.4, -0.2) is 33.9 Å². The molecule has 1 aliphatic heterocycles. The third-order valence-electron chi connectivity index (χ3n) is 6.43. The van der Waals surface area contributed by atoms with Crippen molar-refractivity contribution in [1.29, 1.82) is 0 Å². The number of hydrogen-bond donors (Lipinski definition) is 1. The number of rotatable bonds is 5. The van der Waals surface area contributed by atoms with Gasteiger partial charge in [-0.3, -0.25) is 4.79 Å². The maximum Gasteiger partial charge on any atom is 0.226 e. The van der Waals surface area contributed by atoms with Gasteiger partial charge in [0.1, 0.15) is 0 Å². The minimum atomic E-state index is -0.119. The normalized spacial score (nSPS) is 18.3. The molecule has 0 bridgehead atoms. The van der Waals surface area contributed by atoms with E-state index in [1.165, 1.54) is 12.8 Å². The first-order chi connectivity index (χ1) is 16.2. The second kappa shape index (κ2) is 8.19. The highest BCUT2D eigenvalue weighted by atomic mass is 32.1. The number of aromatic nitrogens is 3. The summed E-state index contributed by atoms with van der Waals surface area (Å²) in [5, 5.41) is 8.34. The van der Waals surface area contributed by atoms with E-state index >= 15 is 0 Å². The summed E-state index contributed by atoms with van der Waals surface area (Å²) in [4.78, 5) is 17.2. The van der Waals surface area contributed by atoms with Crippen molar-refractivity contribution >= 4 is 33.3 Å². The molecule has 1 amide bonds. The molecule has 8 heteroatoms. The quantitative estimate of drug-likeness (QED) is 0.438. The van der Waals surface area contributed by atoms with Gasteiger partial charge in [-0.05, 0) is 55.5 Å². The van der Waals surface area contributed by atoms with Gasteiger partial charge >= 0.3 is 0 Å². The summed E-state index contributed by atoms with van der Waals surface area (Å²) < 4.78 is 14.7. The maximum atomic E-state index is 12.5. The molecule has 1 saturated carbocycles. The molecular formula is C25H24N4O3S. The van der Waals surface area contributed by atoms with Gasteiger partial charge in [0.2, 0.25) is 11.0 Å². The van der Waals surface area contributed by atoms with Gasteiger partial charge in [-0.25, -0.2) is 9.67 Å². The second-order valence-corrected chi connectivity index (χ2v) is 9.59. The Kier molecular flexibility index (Phi) is 5.02. The molecule has 2 aromatic heterocycles. The number of anilines is 1. The summed E-state index contributed by atoms with van der Waals surface area (Å²) in [6.07, 6.45) is 7.18. The number of thiazole rings is 1. The van der Waals surface area contributed by atoms with Crippen LogP contribution in [0.4, 0.5) is 5.82 Å². The first-order valence-electron chi connectivity index (χ1n) is 11.3. The standard InChI is InChI=1S/C25H24N4O3S/c1-31-21-12-15(10-11-20(21)32-16-6-2-3-7-16)17-13-23(30)27-24-18(17)14-29(28-24)25-26-19-8-4-5-9-22(19)33-25/h4-5,8-12,14,16-17H,2-3,6-7,13H2,1H3,(H,27,28,30). The van der Waals surface area contributed by atoms with Crippen molar-refractivity contribution < 1.29 is 14.3 Å². The summed E-state index contributed by atoms with van der Waals surface area (Å²) in [5.74, 6) is 1.88. The van der Waals surface area contributed by atoms with Crippen LogP contribution in [0.25, 0.3) is 15.3 Å². The Bertz CT molecular complexity index is 1310. The number of fused-ring (bicyclic) bond motifs is 2. The second-order valence-electron chi connectivity index (χ2n) is 8.58. The van der Waals surface area contributed by atoms with E-state index < -0.39 is 0 Å². The van der Waals surface area contributed by atoms with Crippen LogP contribution in [0, 0.1) is 0 Å². The number of nitrogens with zero attached hydrogens (tertiary/aromatic N) is 3. The summed E-state index contributed by atoms with van der Waals surface area (Å²) in [6.45, 7) is 0. The maximum absolute atomic E-state index is 12.5. The van der Waals surface area contributed by atoms with E-state index in [-0.39, 0.29) is 17.9 Å². The van der Waals surface area contributed by atoms with E-state index in [1.54, 1.807) is 23.1 Å². The fourth-order valence-electron chi connectivity index (χ4n) is 4.76. The van der Waals surface area contributed by atoms with E-state index in [2.05, 4.69) is 10.4 Å². The van der Waals surface area contributed by atoms with Gasteiger partial charge in [0.05, 0.1) is 23.4 Å². The van der Waals surface area contributed by atoms with Crippen LogP contribution in [0.15, 0.2) is 48.7 Å². The Balaban J connectivity index is 1.35. The Morgan fingerprint density at radius 1 is 1.12 bits per heavy atom. The van der Waals surface area contributed by atoms with Crippen molar-refractivity contribution in [3.8, 4) is 16.6 Å². The summed E-state index contributed by atoms with van der Waals surface area (Å²) in [6, 6.07) is 14.0. The van der Waals surface area contributed by atoms with Crippen LogP contribution in [0.1, 0.15) is 49.1 Å². The van der Waals surface area contributed by atoms with Crippen molar-refractivity contribution in [2.75, 3.05) is 12.4 Å². The molecule has 1 atom stereocenters. The molecule has 33 heavy (non-hydrogen) atoms. The molecule has 2 aromatic carbocycles. The molecule has 1 fully saturated rings. The Labute approximate surface area is 195 Å². The molecule has 6 rings (SSSR count). The van der Waals surface area contributed by atoms with Crippen LogP contribution in [0.5, 0.6) is 11.5 Å². The van der Waals surface area contributed by atoms with Crippen molar-refractivity contribution in [1.82, 2.24) is 14.8 Å². The average Bonchev–Trinajstić information content (AvgIpc) is 3.57. The Morgan fingerprint density at radius 3 is 2.79 bits per heavy atom. The first-order valence-corrected chi connectivity index (χ1v) is 12.1. The van der Waals surface area contributed by atoms with Gasteiger partial charge < -0.3 is 14.8 Å². The zero-order valence-electron chi connectivity index (χ0n) is 18.3. The molecule has 1 N–H and O–H groups in total. The Morgan fingerprint density at radius 2 is 1.97 bits per heavy atom. The summed E-state index contributed by atoms with van der Waals surface area (Å²) in [7, 11) is 1.66. The number of carbonyl (C=O) groups excluding carboxylic acids is 1. The molecular weight excluding hydrogens is 436 g/mol. The molecule has 0 saturated heterocycles. The number of amides is 1. The van der Waals surface area contributed by atoms with Gasteiger partial charge in [-0.2, -0.15) is 0 Å². The molecule has 2 aliphatic rings. The predicted octanol–water partition coefficient (Wildman–Crippen LogP) is 5.29. The smallest absolute Gasteiger partial charge is 0.226 e. The number of hydrogen-bond acceptors (Lipinski definition) is 6.